The van der Waals surface area contributed by atoms with E-state index < -0.39 is 17.9 Å². The molecule has 5 nitrogen and oxygen atoms in total. The molecule has 1 atom stereocenters. The monoisotopic (exact) mass is 329 g/mol. The number of aromatic nitrogens is 2. The van der Waals surface area contributed by atoms with Gasteiger partial charge in [0.05, 0.1) is 6.61 Å². The fourth-order valence-electron chi connectivity index (χ4n) is 3.32. The van der Waals surface area contributed by atoms with Gasteiger partial charge in [-0.15, -0.1) is 0 Å². The maximum Gasteiger partial charge on any atom is 0.451 e. The molecule has 0 radical (unpaired) electrons. The summed E-state index contributed by atoms with van der Waals surface area (Å²) in [6.07, 6.45) is -1.98. The summed E-state index contributed by atoms with van der Waals surface area (Å²) < 4.78 is 43.9. The molecule has 1 amide bonds. The number of carbonyl (C=O) groups excluding carboxylic acids is 1. The van der Waals surface area contributed by atoms with E-state index in [1.165, 1.54) is 13.0 Å². The van der Waals surface area contributed by atoms with Crippen LogP contribution in [0.25, 0.3) is 0 Å². The maximum atomic E-state index is 12.8. The number of piperidine rings is 1. The van der Waals surface area contributed by atoms with E-state index in [9.17, 15) is 18.0 Å². The highest BCUT2D eigenvalue weighted by Crippen LogP contribution is 2.38. The first-order valence-electron chi connectivity index (χ1n) is 7.59. The number of ether oxygens (including phenoxy) is 1. The van der Waals surface area contributed by atoms with Crippen molar-refractivity contribution in [1.29, 1.82) is 0 Å². The Balaban J connectivity index is 1.84. The van der Waals surface area contributed by atoms with Crippen molar-refractivity contribution in [2.45, 2.75) is 32.4 Å². The molecule has 0 aromatic carbocycles. The van der Waals surface area contributed by atoms with Gasteiger partial charge in [-0.3, -0.25) is 4.79 Å². The van der Waals surface area contributed by atoms with E-state index in [0.717, 1.165) is 19.3 Å². The first kappa shape index (κ1) is 16.2. The number of amides is 1. The largest absolute Gasteiger partial charge is 0.451 e. The van der Waals surface area contributed by atoms with Gasteiger partial charge in [-0.05, 0) is 32.3 Å². The molecule has 23 heavy (non-hydrogen) atoms. The minimum Gasteiger partial charge on any atom is -0.381 e. The van der Waals surface area contributed by atoms with Crippen LogP contribution in [-0.2, 0) is 10.9 Å². The molecule has 3 heterocycles. The molecule has 1 aromatic heterocycles. The van der Waals surface area contributed by atoms with E-state index in [1.54, 1.807) is 4.90 Å². The third-order valence-electron chi connectivity index (χ3n) is 4.46. The first-order chi connectivity index (χ1) is 10.8. The van der Waals surface area contributed by atoms with Crippen molar-refractivity contribution in [3.63, 3.8) is 0 Å². The summed E-state index contributed by atoms with van der Waals surface area (Å²) in [7, 11) is 0. The fourth-order valence-corrected chi connectivity index (χ4v) is 3.32. The molecule has 0 aliphatic carbocycles. The summed E-state index contributed by atoms with van der Waals surface area (Å²) >= 11 is 0. The molecule has 126 valence electrons. The molecule has 8 heteroatoms. The number of rotatable bonds is 1. The SMILES string of the molecule is Cc1cc(C(=O)N2CCCC3(CCOC3)C2)nc(C(F)(F)F)n1. The minimum atomic E-state index is -4.66. The van der Waals surface area contributed by atoms with Crippen LogP contribution in [0.3, 0.4) is 0 Å². The van der Waals surface area contributed by atoms with Crippen molar-refractivity contribution in [3.8, 4) is 0 Å². The number of halogens is 3. The highest BCUT2D eigenvalue weighted by atomic mass is 19.4. The van der Waals surface area contributed by atoms with Gasteiger partial charge in [-0.2, -0.15) is 13.2 Å². The van der Waals surface area contributed by atoms with Crippen LogP contribution in [0.2, 0.25) is 0 Å². The molecule has 1 unspecified atom stereocenters. The lowest BCUT2D eigenvalue weighted by Crippen LogP contribution is -2.46. The first-order valence-corrected chi connectivity index (χ1v) is 7.59. The van der Waals surface area contributed by atoms with Crippen LogP contribution in [-0.4, -0.2) is 47.1 Å². The third kappa shape index (κ3) is 3.31. The lowest BCUT2D eigenvalue weighted by atomic mass is 9.79. The number of aryl methyl sites for hydroxylation is 1. The molecule has 1 aromatic rings. The maximum absolute atomic E-state index is 12.8. The predicted molar refractivity (Wildman–Crippen MR) is 74.8 cm³/mol. The van der Waals surface area contributed by atoms with Gasteiger partial charge in [0, 0.05) is 30.8 Å². The molecular weight excluding hydrogens is 311 g/mol. The van der Waals surface area contributed by atoms with Crippen molar-refractivity contribution < 1.29 is 22.7 Å². The normalized spacial score (nSPS) is 25.1. The van der Waals surface area contributed by atoms with E-state index in [-0.39, 0.29) is 16.8 Å². The van der Waals surface area contributed by atoms with Crippen LogP contribution in [0.1, 0.15) is 41.3 Å². The lowest BCUT2D eigenvalue weighted by Gasteiger charge is -2.39. The van der Waals surface area contributed by atoms with Gasteiger partial charge in [0.25, 0.3) is 5.91 Å². The summed E-state index contributed by atoms with van der Waals surface area (Å²) in [5, 5.41) is 0. The van der Waals surface area contributed by atoms with Crippen LogP contribution in [0.15, 0.2) is 6.07 Å². The molecule has 2 fully saturated rings. The standard InChI is InChI=1S/C15H18F3N3O2/c1-10-7-11(20-13(19-10)15(16,17)18)12(22)21-5-2-3-14(8-21)4-6-23-9-14/h7H,2-6,8-9H2,1H3. The second kappa shape index (κ2) is 5.74. The van der Waals surface area contributed by atoms with Crippen LogP contribution >= 0.6 is 0 Å². The van der Waals surface area contributed by atoms with Gasteiger partial charge in [-0.25, -0.2) is 9.97 Å². The number of hydrogen-bond acceptors (Lipinski definition) is 4. The smallest absolute Gasteiger partial charge is 0.381 e. The van der Waals surface area contributed by atoms with Gasteiger partial charge < -0.3 is 9.64 Å². The zero-order valence-electron chi connectivity index (χ0n) is 12.8. The van der Waals surface area contributed by atoms with Crippen molar-refractivity contribution in [2.75, 3.05) is 26.3 Å². The summed E-state index contributed by atoms with van der Waals surface area (Å²) in [4.78, 5) is 21.0. The number of likely N-dealkylation sites (tertiary alicyclic amines) is 1. The van der Waals surface area contributed by atoms with E-state index in [2.05, 4.69) is 9.97 Å². The number of carbonyl (C=O) groups is 1. The van der Waals surface area contributed by atoms with Gasteiger partial charge >= 0.3 is 6.18 Å². The van der Waals surface area contributed by atoms with Crippen molar-refractivity contribution in [1.82, 2.24) is 14.9 Å². The summed E-state index contributed by atoms with van der Waals surface area (Å²) in [5.41, 5.74) is -0.115. The minimum absolute atomic E-state index is 0.0527. The Labute approximate surface area is 131 Å². The van der Waals surface area contributed by atoms with Crippen molar-refractivity contribution >= 4 is 5.91 Å². The zero-order chi connectivity index (χ0) is 16.7. The molecule has 2 aliphatic rings. The van der Waals surface area contributed by atoms with Gasteiger partial charge in [0.2, 0.25) is 5.82 Å². The number of hydrogen-bond donors (Lipinski definition) is 0. The summed E-state index contributed by atoms with van der Waals surface area (Å²) in [5.74, 6) is -1.73. The Bertz CT molecular complexity index is 612. The van der Waals surface area contributed by atoms with Gasteiger partial charge in [0.15, 0.2) is 0 Å². The molecular formula is C15H18F3N3O2. The van der Waals surface area contributed by atoms with E-state index in [0.29, 0.717) is 26.3 Å². The Morgan fingerprint density at radius 2 is 2.13 bits per heavy atom. The summed E-state index contributed by atoms with van der Waals surface area (Å²) in [6.45, 7) is 3.75. The number of nitrogens with zero attached hydrogens (tertiary/aromatic N) is 3. The summed E-state index contributed by atoms with van der Waals surface area (Å²) in [6, 6.07) is 1.31. The molecule has 3 rings (SSSR count). The van der Waals surface area contributed by atoms with E-state index in [4.69, 9.17) is 4.74 Å². The highest BCUT2D eigenvalue weighted by Gasteiger charge is 2.41. The van der Waals surface area contributed by atoms with Crippen LogP contribution < -0.4 is 0 Å². The fraction of sp³-hybridized carbons (Fsp3) is 0.667. The Morgan fingerprint density at radius 3 is 2.78 bits per heavy atom. The van der Waals surface area contributed by atoms with Gasteiger partial charge in [-0.1, -0.05) is 0 Å². The van der Waals surface area contributed by atoms with E-state index >= 15 is 0 Å². The molecule has 2 saturated heterocycles. The van der Waals surface area contributed by atoms with Crippen LogP contribution in [0.4, 0.5) is 13.2 Å². The Kier molecular flexibility index (Phi) is 4.03. The predicted octanol–water partition coefficient (Wildman–Crippen LogP) is 2.45. The van der Waals surface area contributed by atoms with Crippen LogP contribution in [0, 0.1) is 12.3 Å². The molecule has 0 saturated carbocycles. The molecule has 1 spiro atoms. The number of alkyl halides is 3. The second-order valence-corrected chi connectivity index (χ2v) is 6.35. The third-order valence-corrected chi connectivity index (χ3v) is 4.46. The Hall–Kier alpha value is -1.70. The van der Waals surface area contributed by atoms with Crippen molar-refractivity contribution in [3.05, 3.63) is 23.3 Å². The Morgan fingerprint density at radius 1 is 1.35 bits per heavy atom. The molecule has 0 N–H and O–H groups in total. The lowest BCUT2D eigenvalue weighted by molar-refractivity contribution is -0.145. The molecule has 2 aliphatic heterocycles. The topological polar surface area (TPSA) is 55.3 Å². The zero-order valence-corrected chi connectivity index (χ0v) is 12.8. The quantitative estimate of drug-likeness (QED) is 0.794. The highest BCUT2D eigenvalue weighted by molar-refractivity contribution is 5.92. The average molecular weight is 329 g/mol. The van der Waals surface area contributed by atoms with Gasteiger partial charge in [0.1, 0.15) is 5.69 Å². The van der Waals surface area contributed by atoms with E-state index in [1.807, 2.05) is 0 Å². The average Bonchev–Trinajstić information content (AvgIpc) is 2.92. The van der Waals surface area contributed by atoms with Crippen LogP contribution in [0.5, 0.6) is 0 Å². The second-order valence-electron chi connectivity index (χ2n) is 6.35. The molecule has 0 bridgehead atoms. The van der Waals surface area contributed by atoms with Crippen molar-refractivity contribution in [2.24, 2.45) is 5.41 Å².